The molecular weight excluding hydrogens is 208 g/mol. The highest BCUT2D eigenvalue weighted by molar-refractivity contribution is 6.18. The Morgan fingerprint density at radius 1 is 1.27 bits per heavy atom. The zero-order valence-electron chi connectivity index (χ0n) is 9.93. The molecule has 0 bridgehead atoms. The van der Waals surface area contributed by atoms with Crippen molar-refractivity contribution < 1.29 is 4.74 Å². The van der Waals surface area contributed by atoms with Crippen LogP contribution in [0.2, 0.25) is 0 Å². The van der Waals surface area contributed by atoms with Gasteiger partial charge in [0.2, 0.25) is 0 Å². The van der Waals surface area contributed by atoms with E-state index in [9.17, 15) is 0 Å². The zero-order chi connectivity index (χ0) is 11.4. The van der Waals surface area contributed by atoms with Crippen molar-refractivity contribution in [1.82, 2.24) is 0 Å². The molecule has 2 heteroatoms. The Morgan fingerprint density at radius 2 is 1.87 bits per heavy atom. The number of halogens is 1. The Kier molecular flexibility index (Phi) is 4.46. The minimum atomic E-state index is 0.390. The maximum absolute atomic E-state index is 5.97. The molecule has 0 aliphatic heterocycles. The highest BCUT2D eigenvalue weighted by Crippen LogP contribution is 2.32. The number of methoxy groups -OCH3 is 1. The molecule has 0 fully saturated rings. The van der Waals surface area contributed by atoms with E-state index in [0.717, 1.165) is 12.2 Å². The average Bonchev–Trinajstić information content (AvgIpc) is 2.24. The molecule has 0 aliphatic rings. The fraction of sp³-hybridized carbons (Fsp3) is 0.538. The van der Waals surface area contributed by atoms with E-state index in [0.29, 0.717) is 11.8 Å². The normalized spacial score (nSPS) is 12.6. The molecule has 0 amide bonds. The first-order valence-corrected chi connectivity index (χ1v) is 5.88. The third-order valence-corrected chi connectivity index (χ3v) is 3.34. The van der Waals surface area contributed by atoms with Crippen molar-refractivity contribution in [2.45, 2.75) is 33.1 Å². The van der Waals surface area contributed by atoms with Crippen LogP contribution >= 0.6 is 11.6 Å². The number of ether oxygens (including phenoxy) is 1. The van der Waals surface area contributed by atoms with Crippen LogP contribution in [0, 0.1) is 13.8 Å². The van der Waals surface area contributed by atoms with Gasteiger partial charge in [0.1, 0.15) is 5.75 Å². The molecule has 1 unspecified atom stereocenters. The van der Waals surface area contributed by atoms with Gasteiger partial charge in [-0.1, -0.05) is 13.0 Å². The summed E-state index contributed by atoms with van der Waals surface area (Å²) in [6.07, 6.45) is 1.04. The molecule has 0 heterocycles. The van der Waals surface area contributed by atoms with Crippen LogP contribution in [0.3, 0.4) is 0 Å². The maximum atomic E-state index is 5.97. The highest BCUT2D eigenvalue weighted by atomic mass is 35.5. The third kappa shape index (κ3) is 2.66. The molecule has 0 radical (unpaired) electrons. The summed E-state index contributed by atoms with van der Waals surface area (Å²) >= 11 is 5.97. The first-order valence-electron chi connectivity index (χ1n) is 5.35. The van der Waals surface area contributed by atoms with Gasteiger partial charge in [-0.2, -0.15) is 0 Å². The van der Waals surface area contributed by atoms with E-state index in [4.69, 9.17) is 16.3 Å². The molecule has 0 saturated heterocycles. The lowest BCUT2D eigenvalue weighted by molar-refractivity contribution is 0.405. The Balaban J connectivity index is 3.20. The fourth-order valence-electron chi connectivity index (χ4n) is 1.72. The summed E-state index contributed by atoms with van der Waals surface area (Å²) in [5.74, 6) is 2.00. The largest absolute Gasteiger partial charge is 0.496 e. The number of hydrogen-bond donors (Lipinski definition) is 0. The van der Waals surface area contributed by atoms with Gasteiger partial charge >= 0.3 is 0 Å². The lowest BCUT2D eigenvalue weighted by atomic mass is 9.94. The molecule has 0 aliphatic carbocycles. The third-order valence-electron chi connectivity index (χ3n) is 2.96. The van der Waals surface area contributed by atoms with Gasteiger partial charge in [-0.15, -0.1) is 11.6 Å². The lowest BCUT2D eigenvalue weighted by Gasteiger charge is -2.17. The van der Waals surface area contributed by atoms with Crippen molar-refractivity contribution in [3.8, 4) is 5.75 Å². The Morgan fingerprint density at radius 3 is 2.33 bits per heavy atom. The molecule has 1 nitrogen and oxygen atoms in total. The summed E-state index contributed by atoms with van der Waals surface area (Å²) in [6.45, 7) is 6.38. The Hall–Kier alpha value is -0.690. The minimum absolute atomic E-state index is 0.390. The van der Waals surface area contributed by atoms with Crippen molar-refractivity contribution in [3.05, 3.63) is 28.8 Å². The molecule has 84 valence electrons. The van der Waals surface area contributed by atoms with E-state index in [1.54, 1.807) is 7.11 Å². The summed E-state index contributed by atoms with van der Waals surface area (Å²) < 4.78 is 5.41. The Labute approximate surface area is 97.4 Å². The van der Waals surface area contributed by atoms with Crippen LogP contribution in [0.25, 0.3) is 0 Å². The first-order chi connectivity index (χ1) is 7.13. The van der Waals surface area contributed by atoms with Crippen LogP contribution in [-0.4, -0.2) is 13.0 Å². The molecule has 15 heavy (non-hydrogen) atoms. The smallest absolute Gasteiger partial charge is 0.122 e. The van der Waals surface area contributed by atoms with Gasteiger partial charge in [0.15, 0.2) is 0 Å². The fourth-order valence-corrected chi connectivity index (χ4v) is 2.10. The van der Waals surface area contributed by atoms with Crippen LogP contribution in [0.5, 0.6) is 5.75 Å². The van der Waals surface area contributed by atoms with Crippen LogP contribution in [-0.2, 0) is 0 Å². The van der Waals surface area contributed by atoms with E-state index in [2.05, 4.69) is 32.9 Å². The molecule has 0 aromatic heterocycles. The molecule has 1 aromatic rings. The second-order valence-electron chi connectivity index (χ2n) is 3.94. The summed E-state index contributed by atoms with van der Waals surface area (Å²) in [6, 6.07) is 4.30. The molecule has 0 spiro atoms. The van der Waals surface area contributed by atoms with Crippen LogP contribution < -0.4 is 4.74 Å². The van der Waals surface area contributed by atoms with Crippen molar-refractivity contribution >= 4 is 11.6 Å². The van der Waals surface area contributed by atoms with Crippen molar-refractivity contribution in [3.63, 3.8) is 0 Å². The number of benzene rings is 1. The van der Waals surface area contributed by atoms with Gasteiger partial charge in [-0.3, -0.25) is 0 Å². The molecule has 1 aromatic carbocycles. The number of alkyl halides is 1. The van der Waals surface area contributed by atoms with Gasteiger partial charge < -0.3 is 4.74 Å². The predicted octanol–water partition coefficient (Wildman–Crippen LogP) is 4.04. The van der Waals surface area contributed by atoms with Gasteiger partial charge in [-0.05, 0) is 43.0 Å². The van der Waals surface area contributed by atoms with Crippen molar-refractivity contribution in [2.24, 2.45) is 0 Å². The second-order valence-corrected chi connectivity index (χ2v) is 4.25. The summed E-state index contributed by atoms with van der Waals surface area (Å²) in [4.78, 5) is 0. The predicted molar refractivity (Wildman–Crippen MR) is 66.2 cm³/mol. The van der Waals surface area contributed by atoms with E-state index in [-0.39, 0.29) is 0 Å². The van der Waals surface area contributed by atoms with E-state index in [1.165, 1.54) is 16.7 Å². The van der Waals surface area contributed by atoms with Crippen molar-refractivity contribution in [2.75, 3.05) is 13.0 Å². The lowest BCUT2D eigenvalue weighted by Crippen LogP contribution is -2.03. The number of rotatable bonds is 4. The van der Waals surface area contributed by atoms with Gasteiger partial charge in [-0.25, -0.2) is 0 Å². The summed E-state index contributed by atoms with van der Waals surface area (Å²) in [7, 11) is 1.72. The second kappa shape index (κ2) is 5.41. The van der Waals surface area contributed by atoms with Crippen LogP contribution in [0.1, 0.15) is 36.0 Å². The summed E-state index contributed by atoms with van der Waals surface area (Å²) in [5, 5.41) is 0. The zero-order valence-corrected chi connectivity index (χ0v) is 10.7. The topological polar surface area (TPSA) is 9.23 Å². The summed E-state index contributed by atoms with van der Waals surface area (Å²) in [5.41, 5.74) is 3.80. The average molecular weight is 227 g/mol. The van der Waals surface area contributed by atoms with E-state index in [1.807, 2.05) is 0 Å². The molecule has 0 N–H and O–H groups in total. The highest BCUT2D eigenvalue weighted by Gasteiger charge is 2.14. The minimum Gasteiger partial charge on any atom is -0.496 e. The van der Waals surface area contributed by atoms with Crippen LogP contribution in [0.4, 0.5) is 0 Å². The van der Waals surface area contributed by atoms with Gasteiger partial charge in [0.25, 0.3) is 0 Å². The number of hydrogen-bond acceptors (Lipinski definition) is 1. The maximum Gasteiger partial charge on any atom is 0.122 e. The SMILES string of the molecule is CCC(CCl)c1cc(C)c(C)cc1OC. The molecule has 0 saturated carbocycles. The Bertz CT molecular complexity index is 330. The first kappa shape index (κ1) is 12.4. The number of aryl methyl sites for hydroxylation is 2. The van der Waals surface area contributed by atoms with E-state index >= 15 is 0 Å². The van der Waals surface area contributed by atoms with E-state index < -0.39 is 0 Å². The molecule has 1 atom stereocenters. The quantitative estimate of drug-likeness (QED) is 0.704. The molecular formula is C13H19ClO. The van der Waals surface area contributed by atoms with Gasteiger partial charge in [0, 0.05) is 11.8 Å². The molecule has 1 rings (SSSR count). The van der Waals surface area contributed by atoms with Gasteiger partial charge in [0.05, 0.1) is 7.11 Å². The monoisotopic (exact) mass is 226 g/mol. The van der Waals surface area contributed by atoms with Crippen molar-refractivity contribution in [1.29, 1.82) is 0 Å². The van der Waals surface area contributed by atoms with Crippen LogP contribution in [0.15, 0.2) is 12.1 Å². The standard InChI is InChI=1S/C13H19ClO/c1-5-11(8-14)12-6-9(2)10(3)7-13(12)15-4/h6-7,11H,5,8H2,1-4H3.